The topological polar surface area (TPSA) is 54.4 Å². The van der Waals surface area contributed by atoms with Crippen LogP contribution in [0.1, 0.15) is 120 Å². The van der Waals surface area contributed by atoms with Gasteiger partial charge in [-0.25, -0.2) is 4.79 Å². The van der Waals surface area contributed by atoms with Gasteiger partial charge in [0.05, 0.1) is 0 Å². The molecule has 2 fully saturated rings. The second-order valence-corrected chi connectivity index (χ2v) is 12.7. The second-order valence-electron chi connectivity index (χ2n) is 12.7. The number of aliphatic carboxylic acids is 1. The lowest BCUT2D eigenvalue weighted by molar-refractivity contribution is -0.158. The zero-order chi connectivity index (χ0) is 25.7. The van der Waals surface area contributed by atoms with Gasteiger partial charge >= 0.3 is 5.97 Å². The number of carboxylic acid groups (broad SMARTS) is 1. The lowest BCUT2D eigenvalue weighted by atomic mass is 9.43. The first kappa shape index (κ1) is 28.6. The summed E-state index contributed by atoms with van der Waals surface area (Å²) >= 11 is 0. The fourth-order valence-electron chi connectivity index (χ4n) is 7.16. The summed E-state index contributed by atoms with van der Waals surface area (Å²) in [6, 6.07) is 0. The average molecular weight is 471 g/mol. The molecule has 0 aliphatic heterocycles. The number of carboxylic acids is 1. The lowest BCUT2D eigenvalue weighted by Gasteiger charge is -2.61. The van der Waals surface area contributed by atoms with E-state index in [0.717, 1.165) is 44.9 Å². The average Bonchev–Trinajstić information content (AvgIpc) is 2.72. The van der Waals surface area contributed by atoms with E-state index in [4.69, 9.17) is 5.11 Å². The third kappa shape index (κ3) is 6.73. The van der Waals surface area contributed by atoms with Crippen LogP contribution >= 0.6 is 0 Å². The first-order valence-electron chi connectivity index (χ1n) is 13.5. The number of rotatable bonds is 10. The van der Waals surface area contributed by atoms with Gasteiger partial charge in [-0.2, -0.15) is 0 Å². The van der Waals surface area contributed by atoms with Crippen molar-refractivity contribution in [2.24, 2.45) is 28.1 Å². The zero-order valence-corrected chi connectivity index (χ0v) is 23.2. The highest BCUT2D eigenvalue weighted by Crippen LogP contribution is 2.64. The predicted octanol–water partition coefficient (Wildman–Crippen LogP) is 8.70. The van der Waals surface area contributed by atoms with Crippen molar-refractivity contribution in [2.75, 3.05) is 0 Å². The first-order valence-corrected chi connectivity index (χ1v) is 13.5. The first-order chi connectivity index (χ1) is 15.7. The third-order valence-corrected chi connectivity index (χ3v) is 9.40. The minimum atomic E-state index is -0.829. The highest BCUT2D eigenvalue weighted by atomic mass is 16.4. The Balaban J connectivity index is 1.92. The number of carbonyl (C=O) groups is 2. The van der Waals surface area contributed by atoms with Crippen LogP contribution in [0.5, 0.6) is 0 Å². The molecule has 2 saturated carbocycles. The van der Waals surface area contributed by atoms with Gasteiger partial charge < -0.3 is 5.11 Å². The lowest BCUT2D eigenvalue weighted by Crippen LogP contribution is -2.56. The Kier molecular flexibility index (Phi) is 9.59. The van der Waals surface area contributed by atoms with E-state index in [1.165, 1.54) is 30.4 Å². The molecule has 0 bridgehead atoms. The normalized spacial score (nSPS) is 29.6. The Bertz CT molecular complexity index is 839. The molecule has 0 saturated heterocycles. The maximum absolute atomic E-state index is 12.7. The molecule has 2 aliphatic carbocycles. The number of hydrogen-bond donors (Lipinski definition) is 1. The summed E-state index contributed by atoms with van der Waals surface area (Å²) in [4.78, 5) is 23.6. The van der Waals surface area contributed by atoms with Gasteiger partial charge in [0.25, 0.3) is 0 Å². The van der Waals surface area contributed by atoms with Crippen molar-refractivity contribution in [1.82, 2.24) is 0 Å². The molecule has 3 atom stereocenters. The molecule has 3 heteroatoms. The highest BCUT2D eigenvalue weighted by Gasteiger charge is 2.58. The van der Waals surface area contributed by atoms with Crippen molar-refractivity contribution >= 4 is 11.8 Å². The van der Waals surface area contributed by atoms with E-state index in [9.17, 15) is 9.59 Å². The standard InChI is InChI=1S/C31H50O3/c1-22(14-10-16-24(3)28(33)34)12-9-13-23(2)15-11-17-25-29(4,5)20-18-26-30(6,7)27(32)19-21-31(25,26)8/h12,15-16,25-26H,9-11,13-14,17-21H2,1-8H3,(H,33,34)/t25?,26-,31+/m0/s1. The van der Waals surface area contributed by atoms with E-state index in [-0.39, 0.29) is 10.8 Å². The quantitative estimate of drug-likeness (QED) is 0.256. The van der Waals surface area contributed by atoms with Gasteiger partial charge in [-0.15, -0.1) is 0 Å². The molecule has 0 aromatic heterocycles. The van der Waals surface area contributed by atoms with Crippen LogP contribution in [0.25, 0.3) is 0 Å². The van der Waals surface area contributed by atoms with Crippen LogP contribution in [0.15, 0.2) is 34.9 Å². The zero-order valence-electron chi connectivity index (χ0n) is 23.2. The molecule has 3 nitrogen and oxygen atoms in total. The summed E-state index contributed by atoms with van der Waals surface area (Å²) < 4.78 is 0. The van der Waals surface area contributed by atoms with Gasteiger partial charge in [0.15, 0.2) is 0 Å². The number of allylic oxidation sites excluding steroid dienone is 5. The molecule has 1 N–H and O–H groups in total. The van der Waals surface area contributed by atoms with E-state index in [2.05, 4.69) is 60.6 Å². The van der Waals surface area contributed by atoms with Crippen molar-refractivity contribution in [1.29, 1.82) is 0 Å². The molecule has 0 heterocycles. The van der Waals surface area contributed by atoms with E-state index >= 15 is 0 Å². The molecule has 1 unspecified atom stereocenters. The molecule has 2 rings (SSSR count). The van der Waals surface area contributed by atoms with Crippen LogP contribution in [-0.4, -0.2) is 16.9 Å². The molecule has 0 amide bonds. The summed E-state index contributed by atoms with van der Waals surface area (Å²) in [7, 11) is 0. The number of carbonyl (C=O) groups excluding carboxylic acids is 1. The second kappa shape index (κ2) is 11.4. The monoisotopic (exact) mass is 470 g/mol. The molecule has 0 radical (unpaired) electrons. The summed E-state index contributed by atoms with van der Waals surface area (Å²) in [5, 5.41) is 8.93. The van der Waals surface area contributed by atoms with Gasteiger partial charge in [0.1, 0.15) is 5.78 Å². The molecular weight excluding hydrogens is 420 g/mol. The van der Waals surface area contributed by atoms with Crippen LogP contribution in [0, 0.1) is 28.1 Å². The fraction of sp³-hybridized carbons (Fsp3) is 0.742. The van der Waals surface area contributed by atoms with Crippen LogP contribution in [0.4, 0.5) is 0 Å². The van der Waals surface area contributed by atoms with Crippen molar-refractivity contribution in [3.05, 3.63) is 34.9 Å². The van der Waals surface area contributed by atoms with E-state index < -0.39 is 5.97 Å². The third-order valence-electron chi connectivity index (χ3n) is 9.40. The Morgan fingerprint density at radius 3 is 2.06 bits per heavy atom. The van der Waals surface area contributed by atoms with Crippen LogP contribution in [0.2, 0.25) is 0 Å². The molecular formula is C31H50O3. The Morgan fingerprint density at radius 1 is 0.912 bits per heavy atom. The molecule has 34 heavy (non-hydrogen) atoms. The van der Waals surface area contributed by atoms with Crippen LogP contribution in [-0.2, 0) is 9.59 Å². The maximum atomic E-state index is 12.7. The van der Waals surface area contributed by atoms with E-state index in [0.29, 0.717) is 28.6 Å². The van der Waals surface area contributed by atoms with Crippen LogP contribution < -0.4 is 0 Å². The minimum Gasteiger partial charge on any atom is -0.478 e. The molecule has 192 valence electrons. The smallest absolute Gasteiger partial charge is 0.330 e. The fourth-order valence-corrected chi connectivity index (χ4v) is 7.16. The van der Waals surface area contributed by atoms with E-state index in [1.54, 1.807) is 6.92 Å². The molecule has 0 spiro atoms. The van der Waals surface area contributed by atoms with Crippen molar-refractivity contribution in [2.45, 2.75) is 120 Å². The molecule has 0 aromatic rings. The molecule has 2 aliphatic rings. The van der Waals surface area contributed by atoms with E-state index in [1.807, 2.05) is 6.08 Å². The van der Waals surface area contributed by atoms with Crippen molar-refractivity contribution < 1.29 is 14.7 Å². The summed E-state index contributed by atoms with van der Waals surface area (Å²) in [5.74, 6) is 0.802. The number of fused-ring (bicyclic) bond motifs is 1. The minimum absolute atomic E-state index is 0.181. The summed E-state index contributed by atoms with van der Waals surface area (Å²) in [6.07, 6.45) is 16.9. The number of hydrogen-bond acceptors (Lipinski definition) is 2. The number of ketones is 1. The Hall–Kier alpha value is -1.64. The van der Waals surface area contributed by atoms with Gasteiger partial charge in [0.2, 0.25) is 0 Å². The SMILES string of the molecule is CC(=CCCC(C)=CCCC1C(C)(C)CC[C@H]2C(C)(C)C(=O)CC[C@]12C)CCC=C(C)C(=O)O. The van der Waals surface area contributed by atoms with Crippen LogP contribution in [0.3, 0.4) is 0 Å². The van der Waals surface area contributed by atoms with Gasteiger partial charge in [-0.3, -0.25) is 4.79 Å². The Morgan fingerprint density at radius 2 is 1.47 bits per heavy atom. The predicted molar refractivity (Wildman–Crippen MR) is 143 cm³/mol. The number of Topliss-reactive ketones (excluding diaryl/α,β-unsaturated/α-hetero) is 1. The largest absolute Gasteiger partial charge is 0.478 e. The molecule has 0 aromatic carbocycles. The Labute approximate surface area is 209 Å². The van der Waals surface area contributed by atoms with Gasteiger partial charge in [-0.05, 0) is 101 Å². The van der Waals surface area contributed by atoms with Crippen molar-refractivity contribution in [3.63, 3.8) is 0 Å². The summed E-state index contributed by atoms with van der Waals surface area (Å²) in [6.45, 7) is 17.9. The van der Waals surface area contributed by atoms with Crippen molar-refractivity contribution in [3.8, 4) is 0 Å². The van der Waals surface area contributed by atoms with Gasteiger partial charge in [-0.1, -0.05) is 64.0 Å². The highest BCUT2D eigenvalue weighted by molar-refractivity contribution is 5.86. The van der Waals surface area contributed by atoms with Gasteiger partial charge in [0, 0.05) is 17.4 Å². The maximum Gasteiger partial charge on any atom is 0.330 e. The summed E-state index contributed by atoms with van der Waals surface area (Å²) in [5.41, 5.74) is 3.63.